The number of hydrogen-bond donors (Lipinski definition) is 0. The van der Waals surface area contributed by atoms with Crippen LogP contribution < -0.4 is 0 Å². The zero-order valence-electron chi connectivity index (χ0n) is 26.7. The van der Waals surface area contributed by atoms with Gasteiger partial charge in [-0.15, -0.1) is 0 Å². The van der Waals surface area contributed by atoms with Crippen molar-refractivity contribution in [3.63, 3.8) is 0 Å². The Labute approximate surface area is 288 Å². The van der Waals surface area contributed by atoms with Crippen molar-refractivity contribution >= 4 is 49.3 Å². The normalized spacial score (nSPS) is 11.1. The molecule has 5 heteroatoms. The van der Waals surface area contributed by atoms with Gasteiger partial charge in [0.1, 0.15) is 0 Å². The number of aromatic nitrogens is 2. The fraction of sp³-hybridized carbons (Fsp3) is 0. The Morgan fingerprint density at radius 2 is 1.14 bits per heavy atom. The zero-order chi connectivity index (χ0) is 33.8. The quantitative estimate of drug-likeness (QED) is 0.181. The summed E-state index contributed by atoms with van der Waals surface area (Å²) in [4.78, 5) is 3.72. The molecule has 0 unspecified atom stereocenters. The summed E-state index contributed by atoms with van der Waals surface area (Å²) in [6, 6.07) is 55.7. The van der Waals surface area contributed by atoms with E-state index in [0.29, 0.717) is 16.8 Å². The highest BCUT2D eigenvalue weighted by Crippen LogP contribution is 2.39. The Balaban J connectivity index is 1.24. The average Bonchev–Trinajstić information content (AvgIpc) is 3.69. The zero-order valence-corrected chi connectivity index (χ0v) is 26.7. The summed E-state index contributed by atoms with van der Waals surface area (Å²) in [5, 5.41) is 24.1. The molecule has 9 rings (SSSR count). The van der Waals surface area contributed by atoms with Crippen LogP contribution in [0.1, 0.15) is 11.1 Å². The summed E-state index contributed by atoms with van der Waals surface area (Å²) in [5.74, 6) is 0. The lowest BCUT2D eigenvalue weighted by atomic mass is 9.96. The Morgan fingerprint density at radius 1 is 0.460 bits per heavy atom. The van der Waals surface area contributed by atoms with Crippen molar-refractivity contribution in [1.82, 2.24) is 9.13 Å². The van der Waals surface area contributed by atoms with Gasteiger partial charge in [-0.3, -0.25) is 0 Å². The number of nitrogens with zero attached hydrogens (tertiary/aromatic N) is 5. The van der Waals surface area contributed by atoms with Crippen LogP contribution in [0.25, 0.3) is 82.1 Å². The lowest BCUT2D eigenvalue weighted by Gasteiger charge is -2.16. The second-order valence-corrected chi connectivity index (χ2v) is 12.3. The fourth-order valence-corrected chi connectivity index (χ4v) is 7.36. The van der Waals surface area contributed by atoms with Crippen LogP contribution in [0.5, 0.6) is 0 Å². The van der Waals surface area contributed by atoms with Gasteiger partial charge < -0.3 is 9.13 Å². The minimum atomic E-state index is 0.554. The molecular weight excluding hydrogens is 611 g/mol. The van der Waals surface area contributed by atoms with E-state index < -0.39 is 0 Å². The molecule has 0 N–H and O–H groups in total. The molecule has 0 aliphatic carbocycles. The Morgan fingerprint density at radius 3 is 1.90 bits per heavy atom. The highest BCUT2D eigenvalue weighted by Gasteiger charge is 2.18. The maximum atomic E-state index is 10.2. The van der Waals surface area contributed by atoms with Crippen LogP contribution in [0.15, 0.2) is 152 Å². The Kier molecular flexibility index (Phi) is 6.56. The molecule has 0 atom stereocenters. The van der Waals surface area contributed by atoms with E-state index in [4.69, 9.17) is 6.57 Å². The molecule has 0 radical (unpaired) electrons. The van der Waals surface area contributed by atoms with E-state index in [1.165, 1.54) is 10.8 Å². The minimum absolute atomic E-state index is 0.554. The maximum Gasteiger partial charge on any atom is 0.189 e. The molecular formula is C45H25N5. The monoisotopic (exact) mass is 635 g/mol. The molecule has 0 spiro atoms. The summed E-state index contributed by atoms with van der Waals surface area (Å²) < 4.78 is 4.44. The third kappa shape index (κ3) is 4.45. The van der Waals surface area contributed by atoms with E-state index in [1.807, 2.05) is 60.7 Å². The Bertz CT molecular complexity index is 2920. The maximum absolute atomic E-state index is 10.2. The highest BCUT2D eigenvalue weighted by atomic mass is 15.0. The van der Waals surface area contributed by atoms with E-state index >= 15 is 0 Å². The van der Waals surface area contributed by atoms with Gasteiger partial charge in [0.25, 0.3) is 0 Å². The molecule has 0 amide bonds. The third-order valence-electron chi connectivity index (χ3n) is 9.55. The SMILES string of the molecule is [C-]#[N+]c1ccc2c3cc(C#N)ccc3n(-c3ccccc3-c3cccc(-c4cc(C#N)cc(-n5c6ccccc6c6ccccc65)c4)c3)c2c1. The van der Waals surface area contributed by atoms with Crippen LogP contribution in [0, 0.1) is 29.2 Å². The average molecular weight is 636 g/mol. The van der Waals surface area contributed by atoms with Crippen LogP contribution in [-0.2, 0) is 0 Å². The fourth-order valence-electron chi connectivity index (χ4n) is 7.36. The minimum Gasteiger partial charge on any atom is -0.310 e. The van der Waals surface area contributed by atoms with E-state index in [1.54, 1.807) is 0 Å². The molecule has 50 heavy (non-hydrogen) atoms. The second-order valence-electron chi connectivity index (χ2n) is 12.3. The number of nitriles is 2. The number of hydrogen-bond acceptors (Lipinski definition) is 2. The predicted octanol–water partition coefficient (Wildman–Crippen LogP) is 11.5. The molecule has 5 nitrogen and oxygen atoms in total. The molecule has 0 aliphatic rings. The predicted molar refractivity (Wildman–Crippen MR) is 202 cm³/mol. The van der Waals surface area contributed by atoms with Gasteiger partial charge in [0.05, 0.1) is 52.1 Å². The van der Waals surface area contributed by atoms with Crippen LogP contribution in [0.4, 0.5) is 5.69 Å². The summed E-state index contributed by atoms with van der Waals surface area (Å²) in [6.07, 6.45) is 0. The molecule has 0 aliphatic heterocycles. The van der Waals surface area contributed by atoms with Crippen LogP contribution in [0.2, 0.25) is 0 Å². The summed E-state index contributed by atoms with van der Waals surface area (Å²) in [7, 11) is 0. The van der Waals surface area contributed by atoms with Crippen molar-refractivity contribution in [3.05, 3.63) is 174 Å². The van der Waals surface area contributed by atoms with E-state index in [0.717, 1.165) is 66.5 Å². The first-order valence-electron chi connectivity index (χ1n) is 16.2. The smallest absolute Gasteiger partial charge is 0.189 e. The second kappa shape index (κ2) is 11.4. The summed E-state index contributed by atoms with van der Waals surface area (Å²) in [6.45, 7) is 7.69. The number of rotatable bonds is 4. The van der Waals surface area contributed by atoms with Gasteiger partial charge in [0.15, 0.2) is 5.69 Å². The van der Waals surface area contributed by atoms with Gasteiger partial charge >= 0.3 is 0 Å². The first-order chi connectivity index (χ1) is 24.6. The number of benzene rings is 7. The van der Waals surface area contributed by atoms with E-state index in [-0.39, 0.29) is 0 Å². The molecule has 2 aromatic heterocycles. The topological polar surface area (TPSA) is 61.8 Å². The number of fused-ring (bicyclic) bond motifs is 6. The lowest BCUT2D eigenvalue weighted by Crippen LogP contribution is -1.98. The van der Waals surface area contributed by atoms with Crippen molar-refractivity contribution in [2.45, 2.75) is 0 Å². The van der Waals surface area contributed by atoms with Gasteiger partial charge in [-0.05, 0) is 83.4 Å². The lowest BCUT2D eigenvalue weighted by molar-refractivity contribution is 1.18. The van der Waals surface area contributed by atoms with E-state index in [2.05, 4.69) is 117 Å². The third-order valence-corrected chi connectivity index (χ3v) is 9.55. The van der Waals surface area contributed by atoms with Gasteiger partial charge in [-0.25, -0.2) is 4.85 Å². The van der Waals surface area contributed by atoms with Crippen LogP contribution >= 0.6 is 0 Å². The highest BCUT2D eigenvalue weighted by molar-refractivity contribution is 6.11. The molecule has 9 aromatic rings. The largest absolute Gasteiger partial charge is 0.310 e. The molecule has 0 saturated heterocycles. The summed E-state index contributed by atoms with van der Waals surface area (Å²) in [5.41, 5.74) is 11.6. The molecule has 0 saturated carbocycles. The molecule has 230 valence electrons. The van der Waals surface area contributed by atoms with Crippen molar-refractivity contribution in [2.75, 3.05) is 0 Å². The van der Waals surface area contributed by atoms with Gasteiger partial charge in [-0.1, -0.05) is 84.9 Å². The standard InChI is InChI=1S/C45H25N5/c1-48-34-18-19-39-40-23-29(27-46)17-20-44(40)50(45(39)26-34)41-14-5-2-11-36(41)32-10-8-9-31(24-32)33-21-30(28-47)22-35(25-33)49-42-15-6-3-12-37(42)38-13-4-7-16-43(38)49/h2-26H. The van der Waals surface area contributed by atoms with Crippen molar-refractivity contribution in [2.24, 2.45) is 0 Å². The Hall–Kier alpha value is -7.39. The molecule has 2 heterocycles. The van der Waals surface area contributed by atoms with E-state index in [9.17, 15) is 10.5 Å². The molecule has 7 aromatic carbocycles. The van der Waals surface area contributed by atoms with Crippen LogP contribution in [-0.4, -0.2) is 9.13 Å². The first kappa shape index (κ1) is 28.8. The summed E-state index contributed by atoms with van der Waals surface area (Å²) >= 11 is 0. The van der Waals surface area contributed by atoms with Crippen molar-refractivity contribution < 1.29 is 0 Å². The van der Waals surface area contributed by atoms with Gasteiger partial charge in [0.2, 0.25) is 0 Å². The van der Waals surface area contributed by atoms with Gasteiger partial charge in [0, 0.05) is 38.3 Å². The van der Waals surface area contributed by atoms with Crippen molar-refractivity contribution in [3.8, 4) is 45.8 Å². The van der Waals surface area contributed by atoms with Crippen molar-refractivity contribution in [1.29, 1.82) is 10.5 Å². The van der Waals surface area contributed by atoms with Crippen LogP contribution in [0.3, 0.4) is 0 Å². The molecule has 0 fully saturated rings. The molecule has 0 bridgehead atoms. The first-order valence-corrected chi connectivity index (χ1v) is 16.2. The van der Waals surface area contributed by atoms with Gasteiger partial charge in [-0.2, -0.15) is 10.5 Å². The number of para-hydroxylation sites is 3.